The molecular formula is C19H24N4O2. The Bertz CT molecular complexity index is 735. The van der Waals surface area contributed by atoms with Gasteiger partial charge < -0.3 is 15.2 Å². The number of nitrogens with one attached hydrogen (secondary N) is 2. The summed E-state index contributed by atoms with van der Waals surface area (Å²) in [7, 11) is 0. The molecule has 1 saturated carbocycles. The third-order valence-corrected chi connectivity index (χ3v) is 4.63. The van der Waals surface area contributed by atoms with E-state index in [1.54, 1.807) is 12.5 Å². The Hall–Kier alpha value is -2.63. The van der Waals surface area contributed by atoms with Gasteiger partial charge in [0.2, 0.25) is 5.91 Å². The van der Waals surface area contributed by atoms with Crippen molar-refractivity contribution in [2.45, 2.75) is 45.2 Å². The highest BCUT2D eigenvalue weighted by Gasteiger charge is 2.29. The lowest BCUT2D eigenvalue weighted by atomic mass is 10.1. The summed E-state index contributed by atoms with van der Waals surface area (Å²) in [6, 6.07) is 5.99. The molecule has 1 fully saturated rings. The SMILES string of the molecule is Cc1cc(C)cc(C(=O)NCC(=O)NC2CCCC2n2ccnc2)c1. The lowest BCUT2D eigenvalue weighted by Crippen LogP contribution is -2.43. The number of nitrogens with zero attached hydrogens (tertiary/aromatic N) is 2. The molecule has 2 atom stereocenters. The van der Waals surface area contributed by atoms with Gasteiger partial charge in [-0.1, -0.05) is 17.2 Å². The van der Waals surface area contributed by atoms with Crippen LogP contribution in [0.4, 0.5) is 0 Å². The van der Waals surface area contributed by atoms with E-state index in [0.29, 0.717) is 5.56 Å². The maximum absolute atomic E-state index is 12.2. The van der Waals surface area contributed by atoms with Crippen LogP contribution in [0.5, 0.6) is 0 Å². The summed E-state index contributed by atoms with van der Waals surface area (Å²) >= 11 is 0. The molecule has 6 nitrogen and oxygen atoms in total. The number of benzene rings is 1. The Morgan fingerprint density at radius 2 is 1.96 bits per heavy atom. The second-order valence-electron chi connectivity index (χ2n) is 6.74. The summed E-state index contributed by atoms with van der Waals surface area (Å²) in [5.74, 6) is -0.380. The molecule has 1 aliphatic rings. The minimum absolute atomic E-state index is 0.0149. The number of aromatic nitrogens is 2. The van der Waals surface area contributed by atoms with Crippen molar-refractivity contribution >= 4 is 11.8 Å². The fraction of sp³-hybridized carbons (Fsp3) is 0.421. The second-order valence-corrected chi connectivity index (χ2v) is 6.74. The zero-order chi connectivity index (χ0) is 17.8. The summed E-state index contributed by atoms with van der Waals surface area (Å²) in [5, 5.41) is 5.75. The molecule has 1 heterocycles. The van der Waals surface area contributed by atoms with Crippen LogP contribution in [0.25, 0.3) is 0 Å². The Balaban J connectivity index is 1.53. The van der Waals surface area contributed by atoms with Crippen molar-refractivity contribution in [3.8, 4) is 0 Å². The zero-order valence-electron chi connectivity index (χ0n) is 14.7. The molecule has 0 bridgehead atoms. The molecule has 0 saturated heterocycles. The van der Waals surface area contributed by atoms with E-state index in [1.165, 1.54) is 0 Å². The first-order valence-corrected chi connectivity index (χ1v) is 8.66. The number of carbonyl (C=O) groups excluding carboxylic acids is 2. The van der Waals surface area contributed by atoms with Crippen LogP contribution in [-0.2, 0) is 4.79 Å². The highest BCUT2D eigenvalue weighted by atomic mass is 16.2. The third-order valence-electron chi connectivity index (χ3n) is 4.63. The summed E-state index contributed by atoms with van der Waals surface area (Å²) < 4.78 is 2.05. The van der Waals surface area contributed by atoms with E-state index in [4.69, 9.17) is 0 Å². The zero-order valence-corrected chi connectivity index (χ0v) is 14.7. The van der Waals surface area contributed by atoms with E-state index < -0.39 is 0 Å². The topological polar surface area (TPSA) is 76.0 Å². The molecule has 2 amide bonds. The molecule has 2 unspecified atom stereocenters. The predicted molar refractivity (Wildman–Crippen MR) is 95.3 cm³/mol. The van der Waals surface area contributed by atoms with E-state index in [-0.39, 0.29) is 30.4 Å². The quantitative estimate of drug-likeness (QED) is 0.875. The number of rotatable bonds is 5. The number of amides is 2. The molecule has 0 spiro atoms. The Morgan fingerprint density at radius 3 is 2.64 bits per heavy atom. The van der Waals surface area contributed by atoms with Crippen LogP contribution in [0.15, 0.2) is 36.9 Å². The van der Waals surface area contributed by atoms with E-state index in [2.05, 4.69) is 15.6 Å². The van der Waals surface area contributed by atoms with Gasteiger partial charge in [-0.15, -0.1) is 0 Å². The number of hydrogen-bond acceptors (Lipinski definition) is 3. The summed E-state index contributed by atoms with van der Waals surface area (Å²) in [5.41, 5.74) is 2.65. The smallest absolute Gasteiger partial charge is 0.251 e. The van der Waals surface area contributed by atoms with E-state index in [9.17, 15) is 9.59 Å². The largest absolute Gasteiger partial charge is 0.350 e. The van der Waals surface area contributed by atoms with E-state index in [1.807, 2.05) is 42.8 Å². The van der Waals surface area contributed by atoms with E-state index >= 15 is 0 Å². The van der Waals surface area contributed by atoms with Gasteiger partial charge in [-0.25, -0.2) is 4.98 Å². The fourth-order valence-corrected chi connectivity index (χ4v) is 3.56. The van der Waals surface area contributed by atoms with Crippen molar-refractivity contribution in [2.24, 2.45) is 0 Å². The number of hydrogen-bond donors (Lipinski definition) is 2. The van der Waals surface area contributed by atoms with Crippen LogP contribution in [0.3, 0.4) is 0 Å². The molecule has 0 radical (unpaired) electrons. The Kier molecular flexibility index (Phi) is 5.16. The maximum atomic E-state index is 12.2. The van der Waals surface area contributed by atoms with Crippen molar-refractivity contribution in [1.29, 1.82) is 0 Å². The van der Waals surface area contributed by atoms with Gasteiger partial charge in [-0.3, -0.25) is 9.59 Å². The first kappa shape index (κ1) is 17.2. The van der Waals surface area contributed by atoms with Gasteiger partial charge in [0.05, 0.1) is 18.9 Å². The summed E-state index contributed by atoms with van der Waals surface area (Å²) in [6.45, 7) is 3.89. The maximum Gasteiger partial charge on any atom is 0.251 e. The molecule has 1 aromatic heterocycles. The lowest BCUT2D eigenvalue weighted by molar-refractivity contribution is -0.121. The lowest BCUT2D eigenvalue weighted by Gasteiger charge is -2.22. The molecule has 2 N–H and O–H groups in total. The van der Waals surface area contributed by atoms with Crippen LogP contribution in [0.1, 0.15) is 46.8 Å². The molecule has 3 rings (SSSR count). The number of imidazole rings is 1. The van der Waals surface area contributed by atoms with Crippen molar-refractivity contribution in [3.63, 3.8) is 0 Å². The van der Waals surface area contributed by atoms with Crippen LogP contribution in [-0.4, -0.2) is 34.0 Å². The third kappa shape index (κ3) is 4.26. The normalized spacial score (nSPS) is 19.6. The van der Waals surface area contributed by atoms with Gasteiger partial charge in [-0.2, -0.15) is 0 Å². The average Bonchev–Trinajstić information content (AvgIpc) is 3.22. The minimum atomic E-state index is -0.223. The molecule has 2 aromatic rings. The standard InChI is InChI=1S/C19H24N4O2/c1-13-8-14(2)10-15(9-13)19(25)21-11-18(24)22-16-4-3-5-17(16)23-7-6-20-12-23/h6-10,12,16-17H,3-5,11H2,1-2H3,(H,21,25)(H,22,24). The Morgan fingerprint density at radius 1 is 1.20 bits per heavy atom. The van der Waals surface area contributed by atoms with Crippen molar-refractivity contribution < 1.29 is 9.59 Å². The molecule has 1 aliphatic carbocycles. The first-order valence-electron chi connectivity index (χ1n) is 8.66. The Labute approximate surface area is 147 Å². The minimum Gasteiger partial charge on any atom is -0.350 e. The molecule has 0 aliphatic heterocycles. The van der Waals surface area contributed by atoms with Gasteiger partial charge in [0, 0.05) is 24.0 Å². The van der Waals surface area contributed by atoms with Gasteiger partial charge in [0.15, 0.2) is 0 Å². The van der Waals surface area contributed by atoms with Crippen LogP contribution < -0.4 is 10.6 Å². The highest BCUT2D eigenvalue weighted by Crippen LogP contribution is 2.29. The first-order chi connectivity index (χ1) is 12.0. The molecule has 6 heteroatoms. The van der Waals surface area contributed by atoms with Crippen LogP contribution in [0, 0.1) is 13.8 Å². The predicted octanol–water partition coefficient (Wildman–Crippen LogP) is 2.14. The van der Waals surface area contributed by atoms with E-state index in [0.717, 1.165) is 30.4 Å². The monoisotopic (exact) mass is 340 g/mol. The van der Waals surface area contributed by atoms with Crippen molar-refractivity contribution in [3.05, 3.63) is 53.6 Å². The van der Waals surface area contributed by atoms with Crippen LogP contribution in [0.2, 0.25) is 0 Å². The number of aryl methyl sites for hydroxylation is 2. The number of carbonyl (C=O) groups is 2. The van der Waals surface area contributed by atoms with Gasteiger partial charge >= 0.3 is 0 Å². The van der Waals surface area contributed by atoms with Crippen molar-refractivity contribution in [1.82, 2.24) is 20.2 Å². The van der Waals surface area contributed by atoms with Crippen molar-refractivity contribution in [2.75, 3.05) is 6.54 Å². The summed E-state index contributed by atoms with van der Waals surface area (Å²) in [4.78, 5) is 28.6. The second kappa shape index (κ2) is 7.51. The average molecular weight is 340 g/mol. The van der Waals surface area contributed by atoms with Gasteiger partial charge in [0.25, 0.3) is 5.91 Å². The fourth-order valence-electron chi connectivity index (χ4n) is 3.56. The van der Waals surface area contributed by atoms with Gasteiger partial charge in [-0.05, 0) is 45.2 Å². The highest BCUT2D eigenvalue weighted by molar-refractivity contribution is 5.96. The molecule has 25 heavy (non-hydrogen) atoms. The molecule has 132 valence electrons. The molecule has 1 aromatic carbocycles. The van der Waals surface area contributed by atoms with Gasteiger partial charge in [0.1, 0.15) is 0 Å². The summed E-state index contributed by atoms with van der Waals surface area (Å²) in [6.07, 6.45) is 8.51. The van der Waals surface area contributed by atoms with Crippen LogP contribution >= 0.6 is 0 Å². The molecular weight excluding hydrogens is 316 g/mol.